The van der Waals surface area contributed by atoms with E-state index in [0.29, 0.717) is 6.42 Å². The van der Waals surface area contributed by atoms with E-state index in [2.05, 4.69) is 38.6 Å². The molecule has 0 saturated carbocycles. The quantitative estimate of drug-likeness (QED) is 0.727. The average Bonchev–Trinajstić information content (AvgIpc) is 3.34. The molecular formula is C20H22N4OS. The highest BCUT2D eigenvalue weighted by molar-refractivity contribution is 7.08. The molecule has 0 bridgehead atoms. The molecule has 1 aliphatic heterocycles. The zero-order valence-electron chi connectivity index (χ0n) is 14.5. The van der Waals surface area contributed by atoms with E-state index in [4.69, 9.17) is 0 Å². The molecule has 1 atom stereocenters. The van der Waals surface area contributed by atoms with Gasteiger partial charge in [-0.05, 0) is 40.8 Å². The van der Waals surface area contributed by atoms with E-state index in [-0.39, 0.29) is 11.9 Å². The van der Waals surface area contributed by atoms with Gasteiger partial charge in [-0.3, -0.25) is 9.89 Å². The van der Waals surface area contributed by atoms with Crippen molar-refractivity contribution < 1.29 is 4.79 Å². The summed E-state index contributed by atoms with van der Waals surface area (Å²) >= 11 is 1.63. The van der Waals surface area contributed by atoms with Gasteiger partial charge in [-0.15, -0.1) is 0 Å². The summed E-state index contributed by atoms with van der Waals surface area (Å²) in [5, 5.41) is 14.8. The van der Waals surface area contributed by atoms with Crippen LogP contribution in [0.1, 0.15) is 18.4 Å². The van der Waals surface area contributed by atoms with Crippen LogP contribution in [0.3, 0.4) is 0 Å². The van der Waals surface area contributed by atoms with Crippen LogP contribution in [-0.4, -0.2) is 35.2 Å². The first-order valence-electron chi connectivity index (χ1n) is 8.94. The van der Waals surface area contributed by atoms with Crippen molar-refractivity contribution in [1.82, 2.24) is 15.5 Å². The molecule has 3 heterocycles. The molecule has 0 unspecified atom stereocenters. The van der Waals surface area contributed by atoms with Crippen LogP contribution in [0.4, 0.5) is 5.82 Å². The Bertz CT molecular complexity index is 844. The van der Waals surface area contributed by atoms with Gasteiger partial charge in [-0.1, -0.05) is 30.3 Å². The minimum absolute atomic E-state index is 0.0993. The number of hydrogen-bond acceptors (Lipinski definition) is 4. The Hall–Kier alpha value is -2.60. The topological polar surface area (TPSA) is 61.0 Å². The SMILES string of the molecule is O=C(Cc1ccsc1)N[C@H]1CCCN(c2cc(-c3ccccc3)[nH]n2)C1. The minimum Gasteiger partial charge on any atom is -0.353 e. The summed E-state index contributed by atoms with van der Waals surface area (Å²) in [6, 6.07) is 14.5. The standard InChI is InChI=1S/C20H22N4OS/c25-20(11-15-8-10-26-14-15)21-17-7-4-9-24(13-17)19-12-18(22-23-19)16-5-2-1-3-6-16/h1-3,5-6,8,10,12,14,17H,4,7,9,11,13H2,(H,21,25)(H,22,23)/t17-/m0/s1. The zero-order chi connectivity index (χ0) is 17.8. The van der Waals surface area contributed by atoms with Crippen molar-refractivity contribution in [3.63, 3.8) is 0 Å². The number of aromatic amines is 1. The van der Waals surface area contributed by atoms with E-state index >= 15 is 0 Å². The van der Waals surface area contributed by atoms with E-state index in [9.17, 15) is 4.79 Å². The molecule has 134 valence electrons. The molecule has 0 aliphatic carbocycles. The highest BCUT2D eigenvalue weighted by Crippen LogP contribution is 2.24. The van der Waals surface area contributed by atoms with Crippen molar-refractivity contribution in [3.8, 4) is 11.3 Å². The number of rotatable bonds is 5. The van der Waals surface area contributed by atoms with Crippen molar-refractivity contribution in [3.05, 3.63) is 58.8 Å². The number of thiophene rings is 1. The fourth-order valence-corrected chi connectivity index (χ4v) is 4.07. The maximum Gasteiger partial charge on any atom is 0.224 e. The lowest BCUT2D eigenvalue weighted by atomic mass is 10.0. The predicted octanol–water partition coefficient (Wildman–Crippen LogP) is 3.47. The number of aromatic nitrogens is 2. The molecule has 6 heteroatoms. The van der Waals surface area contributed by atoms with Crippen molar-refractivity contribution in [2.75, 3.05) is 18.0 Å². The van der Waals surface area contributed by atoms with Gasteiger partial charge in [0.1, 0.15) is 0 Å². The van der Waals surface area contributed by atoms with Gasteiger partial charge >= 0.3 is 0 Å². The van der Waals surface area contributed by atoms with Gasteiger partial charge in [0.25, 0.3) is 0 Å². The van der Waals surface area contributed by atoms with Crippen molar-refractivity contribution >= 4 is 23.1 Å². The van der Waals surface area contributed by atoms with Crippen LogP contribution < -0.4 is 10.2 Å². The fraction of sp³-hybridized carbons (Fsp3) is 0.300. The normalized spacial score (nSPS) is 17.2. The molecule has 2 aromatic heterocycles. The van der Waals surface area contributed by atoms with Crippen LogP contribution in [0.2, 0.25) is 0 Å². The van der Waals surface area contributed by atoms with Crippen molar-refractivity contribution in [2.45, 2.75) is 25.3 Å². The molecule has 0 radical (unpaired) electrons. The molecule has 1 aliphatic rings. The first-order chi connectivity index (χ1) is 12.8. The number of nitrogens with one attached hydrogen (secondary N) is 2. The third-order valence-corrected chi connectivity index (χ3v) is 5.44. The number of nitrogens with zero attached hydrogens (tertiary/aromatic N) is 2. The Kier molecular flexibility index (Phi) is 5.02. The van der Waals surface area contributed by atoms with Crippen LogP contribution in [0.5, 0.6) is 0 Å². The summed E-state index contributed by atoms with van der Waals surface area (Å²) in [6.07, 6.45) is 2.53. The molecule has 1 saturated heterocycles. The van der Waals surface area contributed by atoms with Crippen LogP contribution >= 0.6 is 11.3 Å². The number of amides is 1. The molecule has 1 fully saturated rings. The molecule has 1 amide bonds. The summed E-state index contributed by atoms with van der Waals surface area (Å²) in [6.45, 7) is 1.77. The van der Waals surface area contributed by atoms with Crippen LogP contribution in [0, 0.1) is 0 Å². The van der Waals surface area contributed by atoms with Gasteiger partial charge in [-0.25, -0.2) is 0 Å². The third-order valence-electron chi connectivity index (χ3n) is 4.70. The van der Waals surface area contributed by atoms with Crippen LogP contribution in [0.15, 0.2) is 53.2 Å². The largest absolute Gasteiger partial charge is 0.353 e. The monoisotopic (exact) mass is 366 g/mol. The smallest absolute Gasteiger partial charge is 0.224 e. The first kappa shape index (κ1) is 16.8. The summed E-state index contributed by atoms with van der Waals surface area (Å²) in [5.74, 6) is 1.04. The van der Waals surface area contributed by atoms with Crippen molar-refractivity contribution in [2.24, 2.45) is 0 Å². The van der Waals surface area contributed by atoms with Gasteiger partial charge < -0.3 is 10.2 Å². The number of carbonyl (C=O) groups is 1. The third kappa shape index (κ3) is 3.96. The summed E-state index contributed by atoms with van der Waals surface area (Å²) < 4.78 is 0. The van der Waals surface area contributed by atoms with E-state index in [1.54, 1.807) is 11.3 Å². The lowest BCUT2D eigenvalue weighted by Crippen LogP contribution is -2.48. The van der Waals surface area contributed by atoms with Gasteiger partial charge in [0.2, 0.25) is 5.91 Å². The van der Waals surface area contributed by atoms with Gasteiger partial charge in [0, 0.05) is 25.2 Å². The summed E-state index contributed by atoms with van der Waals surface area (Å²) in [5.41, 5.74) is 3.23. The second-order valence-corrected chi connectivity index (χ2v) is 7.45. The number of benzene rings is 1. The Balaban J connectivity index is 1.38. The van der Waals surface area contributed by atoms with Gasteiger partial charge in [0.05, 0.1) is 12.1 Å². The second-order valence-electron chi connectivity index (χ2n) is 6.67. The summed E-state index contributed by atoms with van der Waals surface area (Å²) in [4.78, 5) is 14.5. The number of anilines is 1. The molecule has 3 aromatic rings. The number of H-pyrrole nitrogens is 1. The Labute approximate surface area is 157 Å². The number of hydrogen-bond donors (Lipinski definition) is 2. The van der Waals surface area contributed by atoms with E-state index in [1.165, 1.54) is 0 Å². The Morgan fingerprint density at radius 2 is 2.19 bits per heavy atom. The second kappa shape index (κ2) is 7.74. The highest BCUT2D eigenvalue weighted by Gasteiger charge is 2.23. The maximum absolute atomic E-state index is 12.3. The van der Waals surface area contributed by atoms with E-state index in [0.717, 1.165) is 48.6 Å². The van der Waals surface area contributed by atoms with Gasteiger partial charge in [0.15, 0.2) is 5.82 Å². The first-order valence-corrected chi connectivity index (χ1v) is 9.88. The summed E-state index contributed by atoms with van der Waals surface area (Å²) in [7, 11) is 0. The molecule has 0 spiro atoms. The molecule has 4 rings (SSSR count). The molecule has 26 heavy (non-hydrogen) atoms. The molecular weight excluding hydrogens is 344 g/mol. The Morgan fingerprint density at radius 3 is 3.00 bits per heavy atom. The molecule has 5 nitrogen and oxygen atoms in total. The average molecular weight is 366 g/mol. The number of carbonyl (C=O) groups excluding carboxylic acids is 1. The lowest BCUT2D eigenvalue weighted by molar-refractivity contribution is -0.121. The molecule has 2 N–H and O–H groups in total. The molecule has 1 aromatic carbocycles. The van der Waals surface area contributed by atoms with Gasteiger partial charge in [-0.2, -0.15) is 16.4 Å². The van der Waals surface area contributed by atoms with Crippen LogP contribution in [0.25, 0.3) is 11.3 Å². The van der Waals surface area contributed by atoms with E-state index in [1.807, 2.05) is 35.0 Å². The predicted molar refractivity (Wildman–Crippen MR) is 105 cm³/mol. The zero-order valence-corrected chi connectivity index (χ0v) is 15.3. The lowest BCUT2D eigenvalue weighted by Gasteiger charge is -2.33. The maximum atomic E-state index is 12.3. The van der Waals surface area contributed by atoms with Crippen molar-refractivity contribution in [1.29, 1.82) is 0 Å². The van der Waals surface area contributed by atoms with E-state index < -0.39 is 0 Å². The minimum atomic E-state index is 0.0993. The fourth-order valence-electron chi connectivity index (χ4n) is 3.40. The Morgan fingerprint density at radius 1 is 1.31 bits per heavy atom. The number of piperidine rings is 1. The van der Waals surface area contributed by atoms with Crippen LogP contribution in [-0.2, 0) is 11.2 Å². The highest BCUT2D eigenvalue weighted by atomic mass is 32.1.